The molecule has 0 atom stereocenters. The third-order valence-electron chi connectivity index (χ3n) is 5.84. The number of hydrogen-bond acceptors (Lipinski definition) is 5. The number of benzene rings is 2. The molecule has 1 saturated heterocycles. The van der Waals surface area contributed by atoms with Crippen molar-refractivity contribution in [2.45, 2.75) is 33.9 Å². The molecule has 0 aliphatic carbocycles. The zero-order chi connectivity index (χ0) is 22.7. The van der Waals surface area contributed by atoms with E-state index in [1.54, 1.807) is 24.0 Å². The third-order valence-corrected chi connectivity index (χ3v) is 5.84. The molecule has 32 heavy (non-hydrogen) atoms. The minimum atomic E-state index is -0.228. The summed E-state index contributed by atoms with van der Waals surface area (Å²) in [5.41, 5.74) is 4.13. The molecule has 0 N–H and O–H groups in total. The summed E-state index contributed by atoms with van der Waals surface area (Å²) in [7, 11) is 0. The number of amides is 1. The molecular weight excluding hydrogens is 409 g/mol. The highest BCUT2D eigenvalue weighted by atomic mass is 19.1. The van der Waals surface area contributed by atoms with E-state index in [-0.39, 0.29) is 18.3 Å². The van der Waals surface area contributed by atoms with E-state index in [1.807, 2.05) is 32.0 Å². The lowest BCUT2D eigenvalue weighted by atomic mass is 10.1. The molecule has 1 amide bonds. The normalized spacial score (nSPS) is 14.6. The first-order valence-corrected chi connectivity index (χ1v) is 10.8. The Labute approximate surface area is 187 Å². The fourth-order valence-corrected chi connectivity index (χ4v) is 3.99. The summed E-state index contributed by atoms with van der Waals surface area (Å²) in [6.45, 7) is 9.31. The van der Waals surface area contributed by atoms with Crippen LogP contribution in [0.25, 0.3) is 0 Å². The lowest BCUT2D eigenvalue weighted by molar-refractivity contribution is 0.0616. The van der Waals surface area contributed by atoms with Crippen LogP contribution in [0.4, 0.5) is 4.39 Å². The van der Waals surface area contributed by atoms with Crippen molar-refractivity contribution in [3.63, 3.8) is 0 Å². The topological polar surface area (TPSA) is 58.8 Å². The first-order valence-electron chi connectivity index (χ1n) is 10.8. The van der Waals surface area contributed by atoms with Gasteiger partial charge in [0.1, 0.15) is 23.9 Å². The number of aromatic nitrogens is 1. The van der Waals surface area contributed by atoms with Gasteiger partial charge in [-0.25, -0.2) is 4.39 Å². The van der Waals surface area contributed by atoms with Gasteiger partial charge in [-0.3, -0.25) is 9.69 Å². The van der Waals surface area contributed by atoms with Crippen LogP contribution in [-0.2, 0) is 13.2 Å². The van der Waals surface area contributed by atoms with Crippen LogP contribution in [0.1, 0.15) is 38.5 Å². The SMILES string of the molecule is Cc1ccc(OCc2c(C(=O)N3CCN(Cc4cccc(F)c4)CC3)noc2C)c(C)c1. The first-order chi connectivity index (χ1) is 15.4. The monoisotopic (exact) mass is 437 g/mol. The Morgan fingerprint density at radius 2 is 1.88 bits per heavy atom. The van der Waals surface area contributed by atoms with E-state index in [2.05, 4.69) is 16.1 Å². The van der Waals surface area contributed by atoms with Crippen LogP contribution >= 0.6 is 0 Å². The Kier molecular flexibility index (Phi) is 6.55. The summed E-state index contributed by atoms with van der Waals surface area (Å²) in [6, 6.07) is 12.6. The molecular formula is C25H28FN3O3. The zero-order valence-corrected chi connectivity index (χ0v) is 18.7. The molecule has 0 unspecified atom stereocenters. The maximum absolute atomic E-state index is 13.4. The van der Waals surface area contributed by atoms with Gasteiger partial charge in [-0.1, -0.05) is 35.0 Å². The van der Waals surface area contributed by atoms with Gasteiger partial charge in [0, 0.05) is 32.7 Å². The average Bonchev–Trinajstić information content (AvgIpc) is 3.13. The number of halogens is 1. The van der Waals surface area contributed by atoms with Gasteiger partial charge in [-0.2, -0.15) is 0 Å². The maximum atomic E-state index is 13.4. The molecule has 0 bridgehead atoms. The van der Waals surface area contributed by atoms with Gasteiger partial charge in [0.15, 0.2) is 5.69 Å². The standard InChI is InChI=1S/C25H28FN3O3/c1-17-7-8-23(18(2)13-17)31-16-22-19(3)32-27-24(22)25(30)29-11-9-28(10-12-29)15-20-5-4-6-21(26)14-20/h4-8,13-14H,9-12,15-16H2,1-3H3. The summed E-state index contributed by atoms with van der Waals surface area (Å²) in [6.07, 6.45) is 0. The van der Waals surface area contributed by atoms with Crippen molar-refractivity contribution in [2.24, 2.45) is 0 Å². The van der Waals surface area contributed by atoms with Crippen LogP contribution < -0.4 is 4.74 Å². The molecule has 0 spiro atoms. The molecule has 6 nitrogen and oxygen atoms in total. The smallest absolute Gasteiger partial charge is 0.276 e. The molecule has 0 radical (unpaired) electrons. The summed E-state index contributed by atoms with van der Waals surface area (Å²) >= 11 is 0. The van der Waals surface area contributed by atoms with Crippen LogP contribution in [0.5, 0.6) is 5.75 Å². The molecule has 2 aromatic carbocycles. The quantitative estimate of drug-likeness (QED) is 0.576. The summed E-state index contributed by atoms with van der Waals surface area (Å²) < 4.78 is 24.7. The minimum Gasteiger partial charge on any atom is -0.488 e. The van der Waals surface area contributed by atoms with Gasteiger partial charge < -0.3 is 14.2 Å². The van der Waals surface area contributed by atoms with Crippen LogP contribution in [0, 0.1) is 26.6 Å². The Morgan fingerprint density at radius 1 is 1.09 bits per heavy atom. The Bertz CT molecular complexity index is 1100. The fourth-order valence-electron chi connectivity index (χ4n) is 3.99. The zero-order valence-electron chi connectivity index (χ0n) is 18.7. The second-order valence-electron chi connectivity index (χ2n) is 8.32. The molecule has 4 rings (SSSR count). The molecule has 168 valence electrons. The third kappa shape index (κ3) is 4.99. The van der Waals surface area contributed by atoms with E-state index in [4.69, 9.17) is 9.26 Å². The molecule has 1 aliphatic heterocycles. The average molecular weight is 438 g/mol. The molecule has 2 heterocycles. The maximum Gasteiger partial charge on any atom is 0.276 e. The number of ether oxygens (including phenoxy) is 1. The number of carbonyl (C=O) groups is 1. The fraction of sp³-hybridized carbons (Fsp3) is 0.360. The number of rotatable bonds is 6. The van der Waals surface area contributed by atoms with Gasteiger partial charge in [0.25, 0.3) is 5.91 Å². The van der Waals surface area contributed by atoms with E-state index in [9.17, 15) is 9.18 Å². The van der Waals surface area contributed by atoms with E-state index >= 15 is 0 Å². The van der Waals surface area contributed by atoms with Gasteiger partial charge >= 0.3 is 0 Å². The van der Waals surface area contributed by atoms with Crippen molar-refractivity contribution in [1.29, 1.82) is 0 Å². The summed E-state index contributed by atoms with van der Waals surface area (Å²) in [4.78, 5) is 17.2. The Morgan fingerprint density at radius 3 is 2.59 bits per heavy atom. The highest BCUT2D eigenvalue weighted by molar-refractivity contribution is 5.93. The molecule has 7 heteroatoms. The second kappa shape index (κ2) is 9.53. The van der Waals surface area contributed by atoms with Crippen LogP contribution in [0.15, 0.2) is 47.0 Å². The lowest BCUT2D eigenvalue weighted by Crippen LogP contribution is -2.48. The van der Waals surface area contributed by atoms with Crippen LogP contribution in [-0.4, -0.2) is 47.0 Å². The van der Waals surface area contributed by atoms with Crippen molar-refractivity contribution in [3.05, 3.63) is 82.0 Å². The van der Waals surface area contributed by atoms with E-state index in [0.717, 1.165) is 16.9 Å². The van der Waals surface area contributed by atoms with Crippen molar-refractivity contribution < 1.29 is 18.4 Å². The molecule has 1 aliphatic rings. The van der Waals surface area contributed by atoms with E-state index in [1.165, 1.54) is 11.6 Å². The van der Waals surface area contributed by atoms with E-state index < -0.39 is 0 Å². The minimum absolute atomic E-state index is 0.147. The predicted octanol–water partition coefficient (Wildman–Crippen LogP) is 4.28. The van der Waals surface area contributed by atoms with Crippen LogP contribution in [0.3, 0.4) is 0 Å². The molecule has 3 aromatic rings. The van der Waals surface area contributed by atoms with Crippen LogP contribution in [0.2, 0.25) is 0 Å². The number of piperazine rings is 1. The van der Waals surface area contributed by atoms with Gasteiger partial charge in [-0.05, 0) is 50.1 Å². The first kappa shape index (κ1) is 22.0. The second-order valence-corrected chi connectivity index (χ2v) is 8.32. The molecule has 1 fully saturated rings. The Hall–Kier alpha value is -3.19. The van der Waals surface area contributed by atoms with E-state index in [0.29, 0.717) is 49.7 Å². The lowest BCUT2D eigenvalue weighted by Gasteiger charge is -2.34. The van der Waals surface area contributed by atoms with Crippen molar-refractivity contribution in [2.75, 3.05) is 26.2 Å². The van der Waals surface area contributed by atoms with Gasteiger partial charge in [-0.15, -0.1) is 0 Å². The van der Waals surface area contributed by atoms with Crippen molar-refractivity contribution in [3.8, 4) is 5.75 Å². The number of nitrogens with zero attached hydrogens (tertiary/aromatic N) is 3. The van der Waals surface area contributed by atoms with Crippen molar-refractivity contribution in [1.82, 2.24) is 15.0 Å². The highest BCUT2D eigenvalue weighted by Crippen LogP contribution is 2.23. The predicted molar refractivity (Wildman–Crippen MR) is 119 cm³/mol. The summed E-state index contributed by atoms with van der Waals surface area (Å²) in [5, 5.41) is 4.03. The highest BCUT2D eigenvalue weighted by Gasteiger charge is 2.28. The van der Waals surface area contributed by atoms with Gasteiger partial charge in [0.05, 0.1) is 5.56 Å². The number of carbonyl (C=O) groups excluding carboxylic acids is 1. The summed E-state index contributed by atoms with van der Waals surface area (Å²) in [5.74, 6) is 0.989. The molecule has 0 saturated carbocycles. The number of aryl methyl sites for hydroxylation is 3. The Balaban J connectivity index is 1.38. The number of hydrogen-bond donors (Lipinski definition) is 0. The van der Waals surface area contributed by atoms with Gasteiger partial charge in [0.2, 0.25) is 0 Å². The van der Waals surface area contributed by atoms with Crippen molar-refractivity contribution >= 4 is 5.91 Å². The largest absolute Gasteiger partial charge is 0.488 e. The molecule has 1 aromatic heterocycles.